The van der Waals surface area contributed by atoms with Crippen LogP contribution in [0.25, 0.3) is 0 Å². The van der Waals surface area contributed by atoms with E-state index < -0.39 is 0 Å². The molecule has 1 aliphatic heterocycles. The zero-order valence-corrected chi connectivity index (χ0v) is 7.13. The Morgan fingerprint density at radius 3 is 3.11 bits per heavy atom. The third kappa shape index (κ3) is 1.06. The fourth-order valence-electron chi connectivity index (χ4n) is 1.60. The van der Waals surface area contributed by atoms with Gasteiger partial charge in [-0.15, -0.1) is 0 Å². The van der Waals surface area contributed by atoms with Crippen LogP contribution in [0.1, 0.15) is 25.7 Å². The monoisotopic (exact) mass is 189 g/mol. The van der Waals surface area contributed by atoms with Gasteiger partial charge in [0.2, 0.25) is 0 Å². The van der Waals surface area contributed by atoms with Gasteiger partial charge in [-0.2, -0.15) is 0 Å². The summed E-state index contributed by atoms with van der Waals surface area (Å²) < 4.78 is 0. The third-order valence-electron chi connectivity index (χ3n) is 2.16. The number of hydrogen-bond donors (Lipinski definition) is 0. The molecule has 1 heterocycles. The van der Waals surface area contributed by atoms with Crippen LogP contribution in [-0.4, -0.2) is 26.1 Å². The first-order valence-electron chi connectivity index (χ1n) is 3.64. The van der Waals surface area contributed by atoms with Crippen molar-refractivity contribution >= 4 is 20.1 Å². The van der Waals surface area contributed by atoms with Crippen LogP contribution in [0, 0.1) is 0 Å². The van der Waals surface area contributed by atoms with Gasteiger partial charge < -0.3 is 0 Å². The molecule has 0 spiro atoms. The van der Waals surface area contributed by atoms with Crippen LogP contribution in [0.4, 0.5) is 0 Å². The van der Waals surface area contributed by atoms with Gasteiger partial charge >= 0.3 is 61.6 Å². The zero-order chi connectivity index (χ0) is 6.10. The van der Waals surface area contributed by atoms with Crippen molar-refractivity contribution in [3.63, 3.8) is 0 Å². The van der Waals surface area contributed by atoms with Gasteiger partial charge in [0.1, 0.15) is 0 Å². The number of aliphatic imine (C=N–C) groups is 1. The summed E-state index contributed by atoms with van der Waals surface area (Å²) in [7, 11) is 0. The molecule has 2 aliphatic rings. The van der Waals surface area contributed by atoms with Crippen LogP contribution in [0.3, 0.4) is 0 Å². The summed E-state index contributed by atoms with van der Waals surface area (Å²) in [5, 5.41) is 2.19. The molecule has 2 unspecified atom stereocenters. The first kappa shape index (κ1) is 5.94. The SMILES string of the molecule is C1=NC2CCCCC2[Se]1. The Bertz CT molecular complexity index is 133. The number of nitrogens with zero attached hydrogens (tertiary/aromatic N) is 1. The molecule has 1 aliphatic carbocycles. The van der Waals surface area contributed by atoms with Crippen molar-refractivity contribution in [1.82, 2.24) is 0 Å². The molecule has 0 aromatic rings. The standard InChI is InChI=1S/C7H11NSe/c1-2-4-7-6(3-1)8-5-9-7/h5-7H,1-4H2. The second-order valence-electron chi connectivity index (χ2n) is 2.78. The van der Waals surface area contributed by atoms with Gasteiger partial charge in [0.25, 0.3) is 0 Å². The first-order valence-corrected chi connectivity index (χ1v) is 5.62. The van der Waals surface area contributed by atoms with Crippen LogP contribution in [-0.2, 0) is 0 Å². The van der Waals surface area contributed by atoms with Gasteiger partial charge in [-0.05, 0) is 0 Å². The molecule has 1 saturated carbocycles. The Morgan fingerprint density at radius 2 is 2.22 bits per heavy atom. The average molecular weight is 188 g/mol. The van der Waals surface area contributed by atoms with E-state index in [1.807, 2.05) is 0 Å². The van der Waals surface area contributed by atoms with E-state index in [4.69, 9.17) is 0 Å². The summed E-state index contributed by atoms with van der Waals surface area (Å²) in [6.45, 7) is 0. The minimum absolute atomic E-state index is 0.763. The van der Waals surface area contributed by atoms with Gasteiger partial charge in [-0.25, -0.2) is 0 Å². The van der Waals surface area contributed by atoms with Crippen molar-refractivity contribution in [3.8, 4) is 0 Å². The van der Waals surface area contributed by atoms with Crippen molar-refractivity contribution in [2.75, 3.05) is 0 Å². The van der Waals surface area contributed by atoms with Gasteiger partial charge in [0.15, 0.2) is 0 Å². The normalized spacial score (nSPS) is 40.9. The molecule has 0 N–H and O–H groups in total. The molecule has 0 saturated heterocycles. The van der Waals surface area contributed by atoms with Crippen LogP contribution in [0.5, 0.6) is 0 Å². The summed E-state index contributed by atoms with van der Waals surface area (Å²) in [4.78, 5) is 5.47. The van der Waals surface area contributed by atoms with Gasteiger partial charge in [0, 0.05) is 0 Å². The van der Waals surface area contributed by atoms with Crippen LogP contribution >= 0.6 is 0 Å². The maximum absolute atomic E-state index is 4.46. The van der Waals surface area contributed by atoms with E-state index in [2.05, 4.69) is 10.1 Å². The van der Waals surface area contributed by atoms with Crippen LogP contribution < -0.4 is 0 Å². The summed E-state index contributed by atoms with van der Waals surface area (Å²) in [5.41, 5.74) is 0. The molecule has 2 atom stereocenters. The summed E-state index contributed by atoms with van der Waals surface area (Å²) >= 11 is 0.769. The fraction of sp³-hybridized carbons (Fsp3) is 0.857. The van der Waals surface area contributed by atoms with Crippen molar-refractivity contribution in [3.05, 3.63) is 0 Å². The molecule has 0 radical (unpaired) electrons. The molecule has 0 aromatic heterocycles. The van der Waals surface area contributed by atoms with Crippen molar-refractivity contribution in [1.29, 1.82) is 0 Å². The molecule has 0 amide bonds. The molecule has 9 heavy (non-hydrogen) atoms. The van der Waals surface area contributed by atoms with Crippen LogP contribution in [0.2, 0.25) is 4.82 Å². The second kappa shape index (κ2) is 2.43. The average Bonchev–Trinajstić information content (AvgIpc) is 2.33. The number of rotatable bonds is 0. The maximum atomic E-state index is 4.46. The molecule has 50 valence electrons. The van der Waals surface area contributed by atoms with E-state index in [1.165, 1.54) is 25.7 Å². The van der Waals surface area contributed by atoms with E-state index in [0.717, 1.165) is 25.8 Å². The summed E-state index contributed by atoms with van der Waals surface area (Å²) in [6, 6.07) is 0.763. The first-order chi connectivity index (χ1) is 4.47. The van der Waals surface area contributed by atoms with E-state index in [-0.39, 0.29) is 0 Å². The molecule has 1 fully saturated rings. The molecular weight excluding hydrogens is 177 g/mol. The van der Waals surface area contributed by atoms with E-state index in [1.54, 1.807) is 0 Å². The van der Waals surface area contributed by atoms with Crippen molar-refractivity contribution in [2.24, 2.45) is 4.99 Å². The van der Waals surface area contributed by atoms with Crippen LogP contribution in [0.15, 0.2) is 4.99 Å². The predicted molar refractivity (Wildman–Crippen MR) is 40.3 cm³/mol. The van der Waals surface area contributed by atoms with E-state index in [9.17, 15) is 0 Å². The number of fused-ring (bicyclic) bond motifs is 1. The Balaban J connectivity index is 2.03. The molecule has 2 rings (SSSR count). The Morgan fingerprint density at radius 1 is 1.33 bits per heavy atom. The molecule has 2 heteroatoms. The Hall–Kier alpha value is 0.189. The minimum atomic E-state index is 0.763. The number of hydrogen-bond acceptors (Lipinski definition) is 1. The van der Waals surface area contributed by atoms with Gasteiger partial charge in [-0.3, -0.25) is 0 Å². The third-order valence-corrected chi connectivity index (χ3v) is 4.55. The summed E-state index contributed by atoms with van der Waals surface area (Å²) in [5.74, 6) is 0. The summed E-state index contributed by atoms with van der Waals surface area (Å²) in [6.07, 6.45) is 5.73. The quantitative estimate of drug-likeness (QED) is 0.510. The van der Waals surface area contributed by atoms with Gasteiger partial charge in [0.05, 0.1) is 0 Å². The Kier molecular flexibility index (Phi) is 1.60. The fourth-order valence-corrected chi connectivity index (χ4v) is 3.85. The van der Waals surface area contributed by atoms with E-state index in [0.29, 0.717) is 0 Å². The van der Waals surface area contributed by atoms with Crippen molar-refractivity contribution < 1.29 is 0 Å². The van der Waals surface area contributed by atoms with Crippen molar-refractivity contribution in [2.45, 2.75) is 36.5 Å². The molecular formula is C7H11NSe. The Labute approximate surface area is 62.1 Å². The zero-order valence-electron chi connectivity index (χ0n) is 5.42. The molecule has 1 nitrogen and oxygen atoms in total. The molecule has 0 aromatic carbocycles. The predicted octanol–water partition coefficient (Wildman–Crippen LogP) is 1.46. The second-order valence-corrected chi connectivity index (χ2v) is 5.06. The van der Waals surface area contributed by atoms with Gasteiger partial charge in [-0.1, -0.05) is 0 Å². The van der Waals surface area contributed by atoms with E-state index >= 15 is 0 Å². The topological polar surface area (TPSA) is 12.4 Å². The molecule has 0 bridgehead atoms.